The predicted molar refractivity (Wildman–Crippen MR) is 138 cm³/mol. The van der Waals surface area contributed by atoms with Crippen molar-refractivity contribution in [2.75, 3.05) is 0 Å². The molecule has 0 radical (unpaired) electrons. The van der Waals surface area contributed by atoms with E-state index in [1.165, 1.54) is 12.5 Å². The molecule has 6 heteroatoms. The summed E-state index contributed by atoms with van der Waals surface area (Å²) >= 11 is 0. The number of hydrogen-bond acceptors (Lipinski definition) is 5. The van der Waals surface area contributed by atoms with Crippen LogP contribution in [0.25, 0.3) is 11.5 Å². The molecule has 1 atom stereocenters. The number of carbonyl (C=O) groups is 1. The average Bonchev–Trinajstić information content (AvgIpc) is 3.40. The van der Waals surface area contributed by atoms with Crippen LogP contribution in [0, 0.1) is 0 Å². The first-order valence-corrected chi connectivity index (χ1v) is 12.2. The van der Waals surface area contributed by atoms with Crippen molar-refractivity contribution in [1.29, 1.82) is 0 Å². The molecular weight excluding hydrogens is 454 g/mol. The maximum absolute atomic E-state index is 11.1. The Morgan fingerprint density at radius 2 is 1.50 bits per heavy atom. The van der Waals surface area contributed by atoms with Gasteiger partial charge in [0.25, 0.3) is 0 Å². The van der Waals surface area contributed by atoms with E-state index < -0.39 is 12.1 Å². The summed E-state index contributed by atoms with van der Waals surface area (Å²) in [6, 6.07) is 25.7. The molecule has 36 heavy (non-hydrogen) atoms. The molecule has 4 aromatic rings. The second-order valence-electron chi connectivity index (χ2n) is 8.73. The minimum absolute atomic E-state index is 0.174. The van der Waals surface area contributed by atoms with E-state index in [1.807, 2.05) is 66.7 Å². The monoisotopic (exact) mass is 485 g/mol. The van der Waals surface area contributed by atoms with E-state index in [2.05, 4.69) is 31.0 Å². The Labute approximate surface area is 211 Å². The second kappa shape index (κ2) is 11.1. The Morgan fingerprint density at radius 1 is 0.917 bits per heavy atom. The summed E-state index contributed by atoms with van der Waals surface area (Å²) in [5.74, 6) is 0.893. The van der Waals surface area contributed by atoms with Gasteiger partial charge in [-0.2, -0.15) is 0 Å². The summed E-state index contributed by atoms with van der Waals surface area (Å²) in [5.41, 5.74) is 3.84. The molecule has 0 aliphatic rings. The van der Waals surface area contributed by atoms with E-state index in [4.69, 9.17) is 19.0 Å². The van der Waals surface area contributed by atoms with Crippen LogP contribution >= 0.6 is 0 Å². The second-order valence-corrected chi connectivity index (χ2v) is 8.73. The van der Waals surface area contributed by atoms with E-state index in [0.717, 1.165) is 35.4 Å². The molecule has 1 unspecified atom stereocenters. The SMILES string of the molecule is CCC(CC)(c1ccc(OCc2coc(-c3ccccc3)n2)cc1)c1ccc(OC(C)C(=O)O)cc1. The number of ether oxygens (including phenoxy) is 2. The lowest BCUT2D eigenvalue weighted by atomic mass is 9.70. The summed E-state index contributed by atoms with van der Waals surface area (Å²) in [6.45, 7) is 6.20. The fraction of sp³-hybridized carbons (Fsp3) is 0.267. The summed E-state index contributed by atoms with van der Waals surface area (Å²) in [5, 5.41) is 9.08. The van der Waals surface area contributed by atoms with Crippen LogP contribution in [0.1, 0.15) is 50.4 Å². The molecule has 1 aromatic heterocycles. The third kappa shape index (κ3) is 5.43. The van der Waals surface area contributed by atoms with Crippen LogP contribution in [0.15, 0.2) is 89.5 Å². The number of oxazole rings is 1. The minimum Gasteiger partial charge on any atom is -0.487 e. The van der Waals surface area contributed by atoms with Gasteiger partial charge in [0, 0.05) is 11.0 Å². The molecule has 1 N–H and O–H groups in total. The van der Waals surface area contributed by atoms with Gasteiger partial charge < -0.3 is 19.0 Å². The maximum Gasteiger partial charge on any atom is 0.344 e. The van der Waals surface area contributed by atoms with E-state index in [-0.39, 0.29) is 5.41 Å². The smallest absolute Gasteiger partial charge is 0.344 e. The van der Waals surface area contributed by atoms with Gasteiger partial charge in [-0.1, -0.05) is 56.3 Å². The van der Waals surface area contributed by atoms with Crippen molar-refractivity contribution in [1.82, 2.24) is 4.98 Å². The fourth-order valence-corrected chi connectivity index (χ4v) is 4.45. The van der Waals surface area contributed by atoms with E-state index in [9.17, 15) is 4.79 Å². The quantitative estimate of drug-likeness (QED) is 0.249. The van der Waals surface area contributed by atoms with Gasteiger partial charge in [-0.3, -0.25) is 0 Å². The average molecular weight is 486 g/mol. The Balaban J connectivity index is 1.45. The van der Waals surface area contributed by atoms with Gasteiger partial charge in [-0.05, 0) is 67.3 Å². The number of benzene rings is 3. The van der Waals surface area contributed by atoms with Crippen molar-refractivity contribution in [3.63, 3.8) is 0 Å². The molecule has 186 valence electrons. The first-order chi connectivity index (χ1) is 17.4. The molecule has 6 nitrogen and oxygen atoms in total. The van der Waals surface area contributed by atoms with Crippen molar-refractivity contribution < 1.29 is 23.8 Å². The van der Waals surface area contributed by atoms with Crippen LogP contribution in [0.4, 0.5) is 0 Å². The third-order valence-electron chi connectivity index (χ3n) is 6.64. The molecule has 0 amide bonds. The summed E-state index contributed by atoms with van der Waals surface area (Å²) < 4.78 is 17.1. The van der Waals surface area contributed by atoms with Crippen LogP contribution in [0.2, 0.25) is 0 Å². The fourth-order valence-electron chi connectivity index (χ4n) is 4.45. The Bertz CT molecular complexity index is 1260. The van der Waals surface area contributed by atoms with Gasteiger partial charge in [-0.25, -0.2) is 9.78 Å². The van der Waals surface area contributed by atoms with Crippen molar-refractivity contribution in [2.45, 2.75) is 51.7 Å². The molecule has 0 aliphatic carbocycles. The number of carboxylic acids is 1. The van der Waals surface area contributed by atoms with Crippen molar-refractivity contribution >= 4 is 5.97 Å². The lowest BCUT2D eigenvalue weighted by Crippen LogP contribution is -2.26. The summed E-state index contributed by atoms with van der Waals surface area (Å²) in [4.78, 5) is 15.6. The molecule has 3 aromatic carbocycles. The lowest BCUT2D eigenvalue weighted by Gasteiger charge is -2.33. The highest BCUT2D eigenvalue weighted by Gasteiger charge is 2.30. The molecular formula is C30H31NO5. The van der Waals surface area contributed by atoms with Gasteiger partial charge in [0.15, 0.2) is 6.10 Å². The normalized spacial score (nSPS) is 12.2. The van der Waals surface area contributed by atoms with Crippen LogP contribution in [-0.4, -0.2) is 22.2 Å². The van der Waals surface area contributed by atoms with Crippen LogP contribution < -0.4 is 9.47 Å². The molecule has 1 heterocycles. The van der Waals surface area contributed by atoms with Crippen molar-refractivity contribution in [3.05, 3.63) is 102 Å². The minimum atomic E-state index is -0.988. The summed E-state index contributed by atoms with van der Waals surface area (Å²) in [6.07, 6.45) is 2.56. The third-order valence-corrected chi connectivity index (χ3v) is 6.64. The maximum atomic E-state index is 11.1. The van der Waals surface area contributed by atoms with Crippen molar-refractivity contribution in [3.8, 4) is 23.0 Å². The number of rotatable bonds is 11. The highest BCUT2D eigenvalue weighted by atomic mass is 16.5. The largest absolute Gasteiger partial charge is 0.487 e. The Hall–Kier alpha value is -4.06. The number of nitrogens with zero attached hydrogens (tertiary/aromatic N) is 1. The zero-order valence-electron chi connectivity index (χ0n) is 20.8. The van der Waals surface area contributed by atoms with Gasteiger partial charge in [0.2, 0.25) is 5.89 Å². The zero-order valence-corrected chi connectivity index (χ0v) is 20.8. The highest BCUT2D eigenvalue weighted by molar-refractivity contribution is 5.72. The number of aliphatic carboxylic acids is 1. The van der Waals surface area contributed by atoms with Gasteiger partial charge in [-0.15, -0.1) is 0 Å². The topological polar surface area (TPSA) is 81.8 Å². The Morgan fingerprint density at radius 3 is 2.06 bits per heavy atom. The number of carboxylic acid groups (broad SMARTS) is 1. The molecule has 0 saturated heterocycles. The van der Waals surface area contributed by atoms with Gasteiger partial charge in [0.1, 0.15) is 30.1 Å². The van der Waals surface area contributed by atoms with E-state index in [0.29, 0.717) is 18.2 Å². The first kappa shape index (κ1) is 25.0. The van der Waals surface area contributed by atoms with Crippen LogP contribution in [-0.2, 0) is 16.8 Å². The van der Waals surface area contributed by atoms with E-state index >= 15 is 0 Å². The summed E-state index contributed by atoms with van der Waals surface area (Å²) in [7, 11) is 0. The number of aromatic nitrogens is 1. The highest BCUT2D eigenvalue weighted by Crippen LogP contribution is 2.40. The molecule has 0 saturated carbocycles. The molecule has 0 aliphatic heterocycles. The lowest BCUT2D eigenvalue weighted by molar-refractivity contribution is -0.144. The zero-order chi connectivity index (χ0) is 25.5. The first-order valence-electron chi connectivity index (χ1n) is 12.2. The van der Waals surface area contributed by atoms with E-state index in [1.54, 1.807) is 6.26 Å². The molecule has 4 rings (SSSR count). The molecule has 0 spiro atoms. The number of hydrogen-bond donors (Lipinski definition) is 1. The predicted octanol–water partition coefficient (Wildman–Crippen LogP) is 6.88. The molecule has 0 fully saturated rings. The van der Waals surface area contributed by atoms with Crippen molar-refractivity contribution in [2.24, 2.45) is 0 Å². The van der Waals surface area contributed by atoms with Gasteiger partial charge >= 0.3 is 5.97 Å². The molecule has 0 bridgehead atoms. The van der Waals surface area contributed by atoms with Crippen LogP contribution in [0.5, 0.6) is 11.5 Å². The standard InChI is InChI=1S/C30H31NO5/c1-4-30(5-2,24-13-17-27(18-14-24)36-21(3)29(32)33)23-11-15-26(16-12-23)34-19-25-20-35-28(31-25)22-9-7-6-8-10-22/h6-18,20-21H,4-5,19H2,1-3H3,(H,32,33). The van der Waals surface area contributed by atoms with Gasteiger partial charge in [0.05, 0.1) is 0 Å². The van der Waals surface area contributed by atoms with Crippen LogP contribution in [0.3, 0.4) is 0 Å². The Kier molecular flexibility index (Phi) is 7.74.